The highest BCUT2D eigenvalue weighted by atomic mass is 16.6. The van der Waals surface area contributed by atoms with Gasteiger partial charge in [0.1, 0.15) is 5.60 Å². The summed E-state index contributed by atoms with van der Waals surface area (Å²) >= 11 is 0. The Balaban J connectivity index is 1.47. The molecular weight excluding hydrogens is 294 g/mol. The number of aromatic nitrogens is 3. The first kappa shape index (κ1) is 15.7. The van der Waals surface area contributed by atoms with Crippen molar-refractivity contribution in [2.75, 3.05) is 13.1 Å². The Hall–Kier alpha value is -2.15. The minimum Gasteiger partial charge on any atom is -0.444 e. The van der Waals surface area contributed by atoms with Gasteiger partial charge in [0.05, 0.1) is 5.69 Å². The van der Waals surface area contributed by atoms with Crippen molar-refractivity contribution < 1.29 is 9.53 Å². The van der Waals surface area contributed by atoms with Gasteiger partial charge in [-0.3, -0.25) is 0 Å². The number of fused-ring (bicyclic) bond motifs is 1. The second kappa shape index (κ2) is 5.81. The lowest BCUT2D eigenvalue weighted by atomic mass is 10.1. The number of nitrogens with zero attached hydrogens (tertiary/aromatic N) is 4. The van der Waals surface area contributed by atoms with Crippen molar-refractivity contribution in [2.24, 2.45) is 0 Å². The Morgan fingerprint density at radius 3 is 2.87 bits per heavy atom. The number of rotatable bonds is 3. The summed E-state index contributed by atoms with van der Waals surface area (Å²) in [5.41, 5.74) is 2.43. The van der Waals surface area contributed by atoms with Crippen LogP contribution in [0.4, 0.5) is 4.79 Å². The van der Waals surface area contributed by atoms with E-state index in [1.165, 1.54) is 0 Å². The third kappa shape index (κ3) is 3.79. The van der Waals surface area contributed by atoms with E-state index in [1.54, 1.807) is 9.42 Å². The van der Waals surface area contributed by atoms with Crippen LogP contribution in [0.15, 0.2) is 18.5 Å². The summed E-state index contributed by atoms with van der Waals surface area (Å²) < 4.78 is 7.13. The predicted octanol–water partition coefficient (Wildman–Crippen LogP) is 1.75. The van der Waals surface area contributed by atoms with Crippen LogP contribution in [0, 0.1) is 6.92 Å². The van der Waals surface area contributed by atoms with Crippen molar-refractivity contribution in [3.05, 3.63) is 29.7 Å². The molecule has 0 unspecified atom stereocenters. The molecule has 7 heteroatoms. The Bertz CT molecular complexity index is 713. The Labute approximate surface area is 135 Å². The van der Waals surface area contributed by atoms with Crippen LogP contribution in [-0.2, 0) is 11.3 Å². The first-order valence-corrected chi connectivity index (χ1v) is 7.82. The van der Waals surface area contributed by atoms with Gasteiger partial charge in [-0.1, -0.05) is 0 Å². The number of hydrogen-bond donors (Lipinski definition) is 1. The van der Waals surface area contributed by atoms with Crippen LogP contribution in [0.5, 0.6) is 0 Å². The fraction of sp³-hybridized carbons (Fsp3) is 0.562. The summed E-state index contributed by atoms with van der Waals surface area (Å²) in [6, 6.07) is 2.24. The number of aryl methyl sites for hydroxylation is 1. The number of carbonyl (C=O) groups is 1. The van der Waals surface area contributed by atoms with Gasteiger partial charge in [0.15, 0.2) is 5.65 Å². The Morgan fingerprint density at radius 1 is 1.43 bits per heavy atom. The standard InChI is InChI=1S/C16H23N5O2/c1-11-5-14-18-7-12(8-21(14)19-11)6-17-13-9-20(10-13)15(22)23-16(2,3)4/h5,7-8,13,17H,6,9-10H2,1-4H3. The van der Waals surface area contributed by atoms with Crippen molar-refractivity contribution >= 4 is 11.7 Å². The normalized spacial score (nSPS) is 15.7. The third-order valence-electron chi connectivity index (χ3n) is 3.62. The zero-order valence-electron chi connectivity index (χ0n) is 14.0. The Kier molecular flexibility index (Phi) is 3.97. The number of likely N-dealkylation sites (tertiary alicyclic amines) is 1. The fourth-order valence-electron chi connectivity index (χ4n) is 2.47. The largest absolute Gasteiger partial charge is 0.444 e. The molecule has 1 N–H and O–H groups in total. The number of ether oxygens (including phenoxy) is 1. The topological polar surface area (TPSA) is 71.8 Å². The molecule has 2 aromatic heterocycles. The second-order valence-corrected chi connectivity index (χ2v) is 7.01. The number of carbonyl (C=O) groups excluding carboxylic acids is 1. The first-order chi connectivity index (χ1) is 10.8. The lowest BCUT2D eigenvalue weighted by Gasteiger charge is -2.40. The van der Waals surface area contributed by atoms with E-state index < -0.39 is 5.60 Å². The van der Waals surface area contributed by atoms with Gasteiger partial charge in [-0.2, -0.15) is 5.10 Å². The quantitative estimate of drug-likeness (QED) is 0.934. The van der Waals surface area contributed by atoms with Crippen molar-refractivity contribution in [2.45, 2.75) is 45.9 Å². The van der Waals surface area contributed by atoms with Crippen LogP contribution in [-0.4, -0.2) is 50.3 Å². The number of nitrogens with one attached hydrogen (secondary N) is 1. The van der Waals surface area contributed by atoms with Crippen molar-refractivity contribution in [3.8, 4) is 0 Å². The molecule has 1 amide bonds. The molecular formula is C16H23N5O2. The highest BCUT2D eigenvalue weighted by Gasteiger charge is 2.33. The maximum absolute atomic E-state index is 11.9. The molecule has 0 saturated carbocycles. The summed E-state index contributed by atoms with van der Waals surface area (Å²) in [4.78, 5) is 18.0. The van der Waals surface area contributed by atoms with Crippen LogP contribution >= 0.6 is 0 Å². The van der Waals surface area contributed by atoms with Crippen LogP contribution in [0.1, 0.15) is 32.0 Å². The second-order valence-electron chi connectivity index (χ2n) is 7.01. The average molecular weight is 317 g/mol. The molecule has 0 aromatic carbocycles. The molecule has 3 heterocycles. The van der Waals surface area contributed by atoms with Crippen LogP contribution in [0.3, 0.4) is 0 Å². The summed E-state index contributed by atoms with van der Waals surface area (Å²) in [6.45, 7) is 9.62. The SMILES string of the molecule is Cc1cc2ncc(CNC3CN(C(=O)OC(C)(C)C)C3)cn2n1. The predicted molar refractivity (Wildman–Crippen MR) is 86.2 cm³/mol. The average Bonchev–Trinajstić information content (AvgIpc) is 2.73. The molecule has 1 aliphatic rings. The van der Waals surface area contributed by atoms with Gasteiger partial charge in [0.2, 0.25) is 0 Å². The Morgan fingerprint density at radius 2 is 2.17 bits per heavy atom. The van der Waals surface area contributed by atoms with E-state index in [9.17, 15) is 4.79 Å². The van der Waals surface area contributed by atoms with E-state index in [0.717, 1.165) is 16.9 Å². The van der Waals surface area contributed by atoms with Crippen molar-refractivity contribution in [1.82, 2.24) is 24.8 Å². The van der Waals surface area contributed by atoms with Crippen molar-refractivity contribution in [3.63, 3.8) is 0 Å². The van der Waals surface area contributed by atoms with Gasteiger partial charge in [0, 0.05) is 49.7 Å². The molecule has 0 atom stereocenters. The summed E-state index contributed by atoms with van der Waals surface area (Å²) in [7, 11) is 0. The van der Waals surface area contributed by atoms with Gasteiger partial charge >= 0.3 is 6.09 Å². The van der Waals surface area contributed by atoms with Crippen molar-refractivity contribution in [1.29, 1.82) is 0 Å². The summed E-state index contributed by atoms with van der Waals surface area (Å²) in [5.74, 6) is 0. The molecule has 2 aromatic rings. The molecule has 1 saturated heterocycles. The molecule has 0 radical (unpaired) electrons. The maximum Gasteiger partial charge on any atom is 0.410 e. The molecule has 1 aliphatic heterocycles. The van der Waals surface area contributed by atoms with E-state index in [0.29, 0.717) is 19.6 Å². The third-order valence-corrected chi connectivity index (χ3v) is 3.62. The molecule has 7 nitrogen and oxygen atoms in total. The first-order valence-electron chi connectivity index (χ1n) is 7.82. The fourth-order valence-corrected chi connectivity index (χ4v) is 2.47. The summed E-state index contributed by atoms with van der Waals surface area (Å²) in [5, 5.41) is 7.79. The molecule has 1 fully saturated rings. The highest BCUT2D eigenvalue weighted by molar-refractivity contribution is 5.69. The maximum atomic E-state index is 11.9. The minimum atomic E-state index is -0.446. The lowest BCUT2D eigenvalue weighted by Crippen LogP contribution is -2.60. The molecule has 0 bridgehead atoms. The molecule has 0 aliphatic carbocycles. The van der Waals surface area contributed by atoms with Gasteiger partial charge in [0.25, 0.3) is 0 Å². The zero-order chi connectivity index (χ0) is 16.6. The molecule has 124 valence electrons. The van der Waals surface area contributed by atoms with Crippen LogP contribution in [0.25, 0.3) is 5.65 Å². The van der Waals surface area contributed by atoms with Gasteiger partial charge < -0.3 is 15.0 Å². The zero-order valence-corrected chi connectivity index (χ0v) is 14.0. The molecule has 3 rings (SSSR count). The molecule has 23 heavy (non-hydrogen) atoms. The van der Waals surface area contributed by atoms with E-state index in [4.69, 9.17) is 4.74 Å². The molecule has 0 spiro atoms. The van der Waals surface area contributed by atoms with Gasteiger partial charge in [-0.05, 0) is 27.7 Å². The monoisotopic (exact) mass is 317 g/mol. The number of amides is 1. The van der Waals surface area contributed by atoms with E-state index in [2.05, 4.69) is 15.4 Å². The van der Waals surface area contributed by atoms with E-state index in [-0.39, 0.29) is 12.1 Å². The number of hydrogen-bond acceptors (Lipinski definition) is 5. The highest BCUT2D eigenvalue weighted by Crippen LogP contribution is 2.15. The van der Waals surface area contributed by atoms with Gasteiger partial charge in [-0.25, -0.2) is 14.3 Å². The van der Waals surface area contributed by atoms with Crippen LogP contribution in [0.2, 0.25) is 0 Å². The van der Waals surface area contributed by atoms with Crippen LogP contribution < -0.4 is 5.32 Å². The summed E-state index contributed by atoms with van der Waals surface area (Å²) in [6.07, 6.45) is 3.59. The van der Waals surface area contributed by atoms with E-state index in [1.807, 2.05) is 46.2 Å². The van der Waals surface area contributed by atoms with Gasteiger partial charge in [-0.15, -0.1) is 0 Å². The minimum absolute atomic E-state index is 0.245. The smallest absolute Gasteiger partial charge is 0.410 e. The lowest BCUT2D eigenvalue weighted by molar-refractivity contribution is 0.00518. The van der Waals surface area contributed by atoms with E-state index >= 15 is 0 Å².